The number of halogens is 2. The lowest BCUT2D eigenvalue weighted by atomic mass is 10.1. The van der Waals surface area contributed by atoms with Crippen LogP contribution in [0.3, 0.4) is 0 Å². The number of rotatable bonds is 4. The summed E-state index contributed by atoms with van der Waals surface area (Å²) in [5.74, 6) is -0.0698. The molecule has 1 amide bonds. The number of carbonyl (C=O) groups excluding carboxylic acids is 1. The third kappa shape index (κ3) is 3.20. The summed E-state index contributed by atoms with van der Waals surface area (Å²) in [6, 6.07) is 11.6. The van der Waals surface area contributed by atoms with Crippen LogP contribution >= 0.6 is 0 Å². The molecular weight excluding hydrogens is 340 g/mol. The van der Waals surface area contributed by atoms with E-state index in [1.54, 1.807) is 29.2 Å². The number of carbonyl (C=O) groups is 1. The molecule has 0 saturated carbocycles. The van der Waals surface area contributed by atoms with E-state index in [0.29, 0.717) is 35.7 Å². The predicted octanol–water partition coefficient (Wildman–Crippen LogP) is 3.88. The molecule has 3 aromatic rings. The van der Waals surface area contributed by atoms with E-state index >= 15 is 0 Å². The Labute approximate surface area is 148 Å². The number of aromatic nitrogens is 2. The van der Waals surface area contributed by atoms with E-state index in [1.165, 1.54) is 24.3 Å². The maximum absolute atomic E-state index is 13.4. The van der Waals surface area contributed by atoms with Crippen LogP contribution in [-0.2, 0) is 11.3 Å². The summed E-state index contributed by atoms with van der Waals surface area (Å²) in [6.45, 7) is 0.273. The van der Waals surface area contributed by atoms with Gasteiger partial charge in [0.25, 0.3) is 0 Å². The SMILES string of the molecule is O=C1CCC(c2nc(-c3ccc(F)cc3)no2)N1Cc1cccc(F)c1. The molecule has 1 atom stereocenters. The monoisotopic (exact) mass is 355 g/mol. The van der Waals surface area contributed by atoms with E-state index in [0.717, 1.165) is 0 Å². The van der Waals surface area contributed by atoms with Gasteiger partial charge in [-0.1, -0.05) is 17.3 Å². The number of nitrogens with zero attached hydrogens (tertiary/aromatic N) is 3. The molecule has 2 aromatic carbocycles. The minimum atomic E-state index is -0.354. The first-order valence-corrected chi connectivity index (χ1v) is 8.23. The highest BCUT2D eigenvalue weighted by Gasteiger charge is 2.36. The van der Waals surface area contributed by atoms with Crippen molar-refractivity contribution >= 4 is 5.91 Å². The molecule has 1 unspecified atom stereocenters. The molecule has 4 rings (SSSR count). The summed E-state index contributed by atoms with van der Waals surface area (Å²) in [7, 11) is 0. The smallest absolute Gasteiger partial charge is 0.249 e. The standard InChI is InChI=1S/C19H15F2N3O2/c20-14-6-4-13(5-7-14)18-22-19(26-23-18)16-8-9-17(25)24(16)11-12-2-1-3-15(21)10-12/h1-7,10,16H,8-9,11H2. The fourth-order valence-electron chi connectivity index (χ4n) is 3.11. The first kappa shape index (κ1) is 16.4. The fraction of sp³-hybridized carbons (Fsp3) is 0.211. The molecule has 1 saturated heterocycles. The van der Waals surface area contributed by atoms with Crippen molar-refractivity contribution in [1.82, 2.24) is 15.0 Å². The normalized spacial score (nSPS) is 17.1. The first-order chi connectivity index (χ1) is 12.6. The van der Waals surface area contributed by atoms with Crippen LogP contribution in [0, 0.1) is 11.6 Å². The lowest BCUT2D eigenvalue weighted by Gasteiger charge is -2.22. The summed E-state index contributed by atoms with van der Waals surface area (Å²) in [6.07, 6.45) is 0.924. The van der Waals surface area contributed by atoms with Crippen molar-refractivity contribution in [2.24, 2.45) is 0 Å². The van der Waals surface area contributed by atoms with Gasteiger partial charge in [-0.3, -0.25) is 4.79 Å². The Morgan fingerprint density at radius 3 is 2.69 bits per heavy atom. The zero-order valence-electron chi connectivity index (χ0n) is 13.7. The van der Waals surface area contributed by atoms with Crippen molar-refractivity contribution in [2.75, 3.05) is 0 Å². The van der Waals surface area contributed by atoms with Gasteiger partial charge in [0.1, 0.15) is 17.7 Å². The minimum Gasteiger partial charge on any atom is -0.337 e. The molecule has 26 heavy (non-hydrogen) atoms. The van der Waals surface area contributed by atoms with Crippen molar-refractivity contribution in [1.29, 1.82) is 0 Å². The van der Waals surface area contributed by atoms with Gasteiger partial charge in [-0.25, -0.2) is 8.78 Å². The Bertz CT molecular complexity index is 940. The summed E-state index contributed by atoms with van der Waals surface area (Å²) in [5, 5.41) is 3.93. The largest absolute Gasteiger partial charge is 0.337 e. The van der Waals surface area contributed by atoms with E-state index in [2.05, 4.69) is 10.1 Å². The average molecular weight is 355 g/mol. The molecule has 5 nitrogen and oxygen atoms in total. The van der Waals surface area contributed by atoms with Gasteiger partial charge >= 0.3 is 0 Å². The number of likely N-dealkylation sites (tertiary alicyclic amines) is 1. The quantitative estimate of drug-likeness (QED) is 0.713. The fourth-order valence-corrected chi connectivity index (χ4v) is 3.11. The van der Waals surface area contributed by atoms with Gasteiger partial charge in [0.05, 0.1) is 0 Å². The third-order valence-electron chi connectivity index (χ3n) is 4.40. The van der Waals surface area contributed by atoms with Crippen molar-refractivity contribution in [3.63, 3.8) is 0 Å². The number of amides is 1. The lowest BCUT2D eigenvalue weighted by Crippen LogP contribution is -2.27. The maximum atomic E-state index is 13.4. The Morgan fingerprint density at radius 1 is 1.12 bits per heavy atom. The molecule has 1 fully saturated rings. The van der Waals surface area contributed by atoms with Crippen LogP contribution in [-0.4, -0.2) is 20.9 Å². The second kappa shape index (κ2) is 6.67. The average Bonchev–Trinajstić information content (AvgIpc) is 3.24. The summed E-state index contributed by atoms with van der Waals surface area (Å²) in [4.78, 5) is 18.3. The lowest BCUT2D eigenvalue weighted by molar-refractivity contribution is -0.130. The van der Waals surface area contributed by atoms with Crippen LogP contribution in [0.25, 0.3) is 11.4 Å². The van der Waals surface area contributed by atoms with E-state index in [4.69, 9.17) is 4.52 Å². The van der Waals surface area contributed by atoms with E-state index in [9.17, 15) is 13.6 Å². The third-order valence-corrected chi connectivity index (χ3v) is 4.40. The zero-order chi connectivity index (χ0) is 18.1. The Hall–Kier alpha value is -3.09. The molecule has 0 bridgehead atoms. The van der Waals surface area contributed by atoms with E-state index in [1.807, 2.05) is 0 Å². The number of benzene rings is 2. The van der Waals surface area contributed by atoms with Gasteiger partial charge in [0.2, 0.25) is 17.6 Å². The molecule has 0 aliphatic carbocycles. The highest BCUT2D eigenvalue weighted by molar-refractivity contribution is 5.78. The molecule has 0 radical (unpaired) electrons. The van der Waals surface area contributed by atoms with Gasteiger partial charge < -0.3 is 9.42 Å². The summed E-state index contributed by atoms with van der Waals surface area (Å²) < 4.78 is 31.8. The van der Waals surface area contributed by atoms with Crippen molar-refractivity contribution in [3.05, 3.63) is 71.6 Å². The molecule has 7 heteroatoms. The van der Waals surface area contributed by atoms with Crippen LogP contribution < -0.4 is 0 Å². The molecule has 0 N–H and O–H groups in total. The molecule has 1 aliphatic heterocycles. The van der Waals surface area contributed by atoms with Gasteiger partial charge in [-0.2, -0.15) is 4.98 Å². The molecular formula is C19H15F2N3O2. The van der Waals surface area contributed by atoms with Gasteiger partial charge in [0.15, 0.2) is 0 Å². The van der Waals surface area contributed by atoms with Crippen LogP contribution in [0.1, 0.15) is 30.3 Å². The second-order valence-electron chi connectivity index (χ2n) is 6.17. The van der Waals surface area contributed by atoms with Crippen molar-refractivity contribution in [3.8, 4) is 11.4 Å². The summed E-state index contributed by atoms with van der Waals surface area (Å²) in [5.41, 5.74) is 1.32. The topological polar surface area (TPSA) is 59.2 Å². The Balaban J connectivity index is 1.58. The molecule has 0 spiro atoms. The van der Waals surface area contributed by atoms with Crippen LogP contribution in [0.2, 0.25) is 0 Å². The van der Waals surface area contributed by atoms with Gasteiger partial charge in [0, 0.05) is 18.5 Å². The van der Waals surface area contributed by atoms with Crippen LogP contribution in [0.15, 0.2) is 53.1 Å². The zero-order valence-corrected chi connectivity index (χ0v) is 13.7. The number of hydrogen-bond donors (Lipinski definition) is 0. The van der Waals surface area contributed by atoms with Crippen LogP contribution in [0.5, 0.6) is 0 Å². The molecule has 132 valence electrons. The van der Waals surface area contributed by atoms with Gasteiger partial charge in [-0.05, 0) is 48.4 Å². The number of hydrogen-bond acceptors (Lipinski definition) is 4. The molecule has 1 aliphatic rings. The van der Waals surface area contributed by atoms with Gasteiger partial charge in [-0.15, -0.1) is 0 Å². The second-order valence-corrected chi connectivity index (χ2v) is 6.17. The highest BCUT2D eigenvalue weighted by atomic mass is 19.1. The predicted molar refractivity (Wildman–Crippen MR) is 88.6 cm³/mol. The maximum Gasteiger partial charge on any atom is 0.249 e. The Morgan fingerprint density at radius 2 is 1.92 bits per heavy atom. The van der Waals surface area contributed by atoms with Crippen molar-refractivity contribution in [2.45, 2.75) is 25.4 Å². The Kier molecular flexibility index (Phi) is 4.20. The molecule has 1 aromatic heterocycles. The van der Waals surface area contributed by atoms with Crippen LogP contribution in [0.4, 0.5) is 8.78 Å². The van der Waals surface area contributed by atoms with E-state index in [-0.39, 0.29) is 30.1 Å². The minimum absolute atomic E-state index is 0.0409. The highest BCUT2D eigenvalue weighted by Crippen LogP contribution is 2.34. The first-order valence-electron chi connectivity index (χ1n) is 8.23. The van der Waals surface area contributed by atoms with E-state index < -0.39 is 0 Å². The summed E-state index contributed by atoms with van der Waals surface area (Å²) >= 11 is 0. The molecule has 2 heterocycles. The van der Waals surface area contributed by atoms with Crippen molar-refractivity contribution < 1.29 is 18.1 Å².